The first-order valence-electron chi connectivity index (χ1n) is 7.79. The second kappa shape index (κ2) is 8.06. The van der Waals surface area contributed by atoms with Crippen LogP contribution in [0.1, 0.15) is 31.0 Å². The number of nitrogens with two attached hydrogens (primary N) is 1. The molecule has 1 heterocycles. The number of amidine groups is 1. The summed E-state index contributed by atoms with van der Waals surface area (Å²) in [6, 6.07) is 4.94. The van der Waals surface area contributed by atoms with Crippen molar-refractivity contribution in [1.29, 1.82) is 0 Å². The van der Waals surface area contributed by atoms with E-state index in [4.69, 9.17) is 17.3 Å². The number of amides is 2. The molecule has 2 rings (SSSR count). The van der Waals surface area contributed by atoms with Crippen LogP contribution in [0.5, 0.6) is 0 Å². The van der Waals surface area contributed by atoms with Crippen LogP contribution in [0.2, 0.25) is 5.02 Å². The molecule has 1 unspecified atom stereocenters. The molecule has 0 aliphatic carbocycles. The lowest BCUT2D eigenvalue weighted by Crippen LogP contribution is -2.51. The first-order valence-corrected chi connectivity index (χ1v) is 8.17. The highest BCUT2D eigenvalue weighted by molar-refractivity contribution is 6.31. The Bertz CT molecular complexity index is 733. The van der Waals surface area contributed by atoms with Gasteiger partial charge < -0.3 is 15.5 Å². The minimum Gasteiger partial charge on any atom is -0.382 e. The zero-order chi connectivity index (χ0) is 18.6. The maximum atomic E-state index is 12.0. The van der Waals surface area contributed by atoms with Crippen molar-refractivity contribution in [2.45, 2.75) is 19.9 Å². The van der Waals surface area contributed by atoms with Crippen molar-refractivity contribution < 1.29 is 9.59 Å². The van der Waals surface area contributed by atoms with E-state index in [1.54, 1.807) is 28.0 Å². The molecule has 25 heavy (non-hydrogen) atoms. The summed E-state index contributed by atoms with van der Waals surface area (Å²) in [5.41, 5.74) is 7.28. The van der Waals surface area contributed by atoms with E-state index in [1.807, 2.05) is 0 Å². The van der Waals surface area contributed by atoms with Gasteiger partial charge in [0.15, 0.2) is 5.84 Å². The van der Waals surface area contributed by atoms with E-state index in [2.05, 4.69) is 15.4 Å². The lowest BCUT2D eigenvalue weighted by Gasteiger charge is -2.41. The molecule has 0 spiro atoms. The lowest BCUT2D eigenvalue weighted by molar-refractivity contribution is -0.140. The highest BCUT2D eigenvalue weighted by Crippen LogP contribution is 2.29. The number of rotatable bonds is 3. The van der Waals surface area contributed by atoms with Gasteiger partial charge in [-0.2, -0.15) is 5.11 Å². The standard InChI is InChI=1S/C16H21ClN6O2/c1-10(24)22-4-5-23(11(2)25)15(9-22)12-6-13(8-14(17)7-12)16(18)20-21-19-3/h6-8,15H,4-5,9H2,1-3H3,(H2,18,19,20). The van der Waals surface area contributed by atoms with E-state index in [-0.39, 0.29) is 23.7 Å². The Morgan fingerprint density at radius 2 is 1.92 bits per heavy atom. The molecule has 2 amide bonds. The number of hydrogen-bond acceptors (Lipinski definition) is 4. The Hall–Kier alpha value is -2.48. The largest absolute Gasteiger partial charge is 0.382 e. The van der Waals surface area contributed by atoms with Crippen LogP contribution >= 0.6 is 11.6 Å². The van der Waals surface area contributed by atoms with Gasteiger partial charge in [0, 0.05) is 44.1 Å². The van der Waals surface area contributed by atoms with Gasteiger partial charge in [-0.25, -0.2) is 0 Å². The maximum Gasteiger partial charge on any atom is 0.220 e. The number of benzene rings is 1. The van der Waals surface area contributed by atoms with Crippen molar-refractivity contribution in [2.75, 3.05) is 26.7 Å². The quantitative estimate of drug-likeness (QED) is 0.382. The number of hydrogen-bond donors (Lipinski definition) is 1. The number of carbonyl (C=O) groups excluding carboxylic acids is 2. The Morgan fingerprint density at radius 1 is 1.20 bits per heavy atom. The normalized spacial score (nSPS) is 18.7. The Balaban J connectivity index is 2.43. The fraction of sp³-hybridized carbons (Fsp3) is 0.438. The van der Waals surface area contributed by atoms with Crippen molar-refractivity contribution in [1.82, 2.24) is 9.80 Å². The van der Waals surface area contributed by atoms with Gasteiger partial charge in [-0.3, -0.25) is 9.59 Å². The highest BCUT2D eigenvalue weighted by Gasteiger charge is 2.31. The molecular formula is C16H21ClN6O2. The maximum absolute atomic E-state index is 12.0. The van der Waals surface area contributed by atoms with E-state index in [0.717, 1.165) is 5.56 Å². The Morgan fingerprint density at radius 3 is 2.52 bits per heavy atom. The minimum absolute atomic E-state index is 0.0279. The highest BCUT2D eigenvalue weighted by atomic mass is 35.5. The number of halogens is 1. The average Bonchev–Trinajstić information content (AvgIpc) is 2.58. The lowest BCUT2D eigenvalue weighted by atomic mass is 9.99. The van der Waals surface area contributed by atoms with Crippen molar-refractivity contribution in [3.05, 3.63) is 34.3 Å². The van der Waals surface area contributed by atoms with Crippen molar-refractivity contribution in [3.8, 4) is 0 Å². The van der Waals surface area contributed by atoms with Gasteiger partial charge in [0.25, 0.3) is 0 Å². The van der Waals surface area contributed by atoms with Gasteiger partial charge in [-0.15, -0.1) is 5.10 Å². The summed E-state index contributed by atoms with van der Waals surface area (Å²) in [6.45, 7) is 4.42. The van der Waals surface area contributed by atoms with Crippen LogP contribution in [0.3, 0.4) is 0 Å². The molecule has 134 valence electrons. The summed E-state index contributed by atoms with van der Waals surface area (Å²) in [5.74, 6) is 0.0824. The first-order chi connectivity index (χ1) is 11.8. The Labute approximate surface area is 151 Å². The predicted molar refractivity (Wildman–Crippen MR) is 95.3 cm³/mol. The van der Waals surface area contributed by atoms with Crippen LogP contribution in [-0.2, 0) is 9.59 Å². The molecule has 0 radical (unpaired) electrons. The first kappa shape index (κ1) is 18.9. The smallest absolute Gasteiger partial charge is 0.220 e. The third kappa shape index (κ3) is 4.54. The Kier molecular flexibility index (Phi) is 6.08. The zero-order valence-corrected chi connectivity index (χ0v) is 15.2. The zero-order valence-electron chi connectivity index (χ0n) is 14.4. The number of carbonyl (C=O) groups is 2. The molecule has 1 fully saturated rings. The number of piperazine rings is 1. The topological polar surface area (TPSA) is 104 Å². The molecule has 8 nitrogen and oxygen atoms in total. The summed E-state index contributed by atoms with van der Waals surface area (Å²) in [4.78, 5) is 27.2. The van der Waals surface area contributed by atoms with Crippen LogP contribution in [0, 0.1) is 0 Å². The van der Waals surface area contributed by atoms with E-state index in [1.165, 1.54) is 20.9 Å². The fourth-order valence-corrected chi connectivity index (χ4v) is 3.08. The van der Waals surface area contributed by atoms with Crippen LogP contribution in [0.25, 0.3) is 0 Å². The molecule has 1 atom stereocenters. The summed E-state index contributed by atoms with van der Waals surface area (Å²) in [7, 11) is 1.49. The van der Waals surface area contributed by atoms with Gasteiger partial charge in [0.05, 0.1) is 13.1 Å². The molecule has 1 aromatic rings. The summed E-state index contributed by atoms with van der Waals surface area (Å²) in [5, 5.41) is 11.3. The van der Waals surface area contributed by atoms with Gasteiger partial charge in [0.1, 0.15) is 0 Å². The monoisotopic (exact) mass is 364 g/mol. The van der Waals surface area contributed by atoms with E-state index in [0.29, 0.717) is 30.2 Å². The van der Waals surface area contributed by atoms with Gasteiger partial charge >= 0.3 is 0 Å². The van der Waals surface area contributed by atoms with Gasteiger partial charge in [0.2, 0.25) is 11.8 Å². The molecule has 9 heteroatoms. The van der Waals surface area contributed by atoms with Gasteiger partial charge in [-0.1, -0.05) is 11.6 Å². The van der Waals surface area contributed by atoms with Crippen LogP contribution in [-0.4, -0.2) is 54.1 Å². The average molecular weight is 365 g/mol. The molecule has 1 aliphatic rings. The van der Waals surface area contributed by atoms with Crippen LogP contribution in [0.4, 0.5) is 0 Å². The second-order valence-electron chi connectivity index (χ2n) is 5.74. The third-order valence-electron chi connectivity index (χ3n) is 4.07. The molecule has 0 bridgehead atoms. The molecule has 2 N–H and O–H groups in total. The summed E-state index contributed by atoms with van der Waals surface area (Å²) < 4.78 is 0. The third-order valence-corrected chi connectivity index (χ3v) is 4.29. The van der Waals surface area contributed by atoms with E-state index < -0.39 is 0 Å². The number of nitrogens with zero attached hydrogens (tertiary/aromatic N) is 5. The van der Waals surface area contributed by atoms with Crippen molar-refractivity contribution in [2.24, 2.45) is 21.2 Å². The van der Waals surface area contributed by atoms with Crippen molar-refractivity contribution >= 4 is 29.3 Å². The molecule has 1 aliphatic heterocycles. The predicted octanol–water partition coefficient (Wildman–Crippen LogP) is 1.79. The van der Waals surface area contributed by atoms with E-state index >= 15 is 0 Å². The van der Waals surface area contributed by atoms with Gasteiger partial charge in [-0.05, 0) is 29.0 Å². The second-order valence-corrected chi connectivity index (χ2v) is 6.18. The fourth-order valence-electron chi connectivity index (χ4n) is 2.83. The van der Waals surface area contributed by atoms with Crippen LogP contribution in [0.15, 0.2) is 33.6 Å². The minimum atomic E-state index is -0.298. The van der Waals surface area contributed by atoms with Crippen LogP contribution < -0.4 is 5.73 Å². The van der Waals surface area contributed by atoms with Crippen molar-refractivity contribution in [3.63, 3.8) is 0 Å². The SMILES string of the molecule is CN=N/N=C(\N)c1cc(Cl)cc(C2CN(C(C)=O)CCN2C(C)=O)c1. The molecular weight excluding hydrogens is 344 g/mol. The molecule has 1 aromatic carbocycles. The summed E-state index contributed by atoms with van der Waals surface area (Å²) >= 11 is 6.22. The molecule has 1 saturated heterocycles. The molecule has 0 saturated carbocycles. The summed E-state index contributed by atoms with van der Waals surface area (Å²) in [6.07, 6.45) is 0. The molecule has 0 aromatic heterocycles. The van der Waals surface area contributed by atoms with E-state index in [9.17, 15) is 9.59 Å².